The molecule has 0 amide bonds. The minimum Gasteiger partial charge on any atom is -0.324 e. The van der Waals surface area contributed by atoms with E-state index in [1.54, 1.807) is 11.8 Å². The lowest BCUT2D eigenvalue weighted by molar-refractivity contribution is 0.437. The molecule has 2 N–H and O–H groups in total. The van der Waals surface area contributed by atoms with Crippen molar-refractivity contribution in [1.29, 1.82) is 0 Å². The maximum absolute atomic E-state index is 6.20. The molecule has 4 heteroatoms. The van der Waals surface area contributed by atoms with Crippen LogP contribution < -0.4 is 5.73 Å². The van der Waals surface area contributed by atoms with Crippen LogP contribution in [0.5, 0.6) is 0 Å². The Morgan fingerprint density at radius 1 is 1.44 bits per heavy atom. The van der Waals surface area contributed by atoms with Crippen molar-refractivity contribution in [3.05, 3.63) is 28.8 Å². The zero-order valence-electron chi connectivity index (χ0n) is 10.0. The second-order valence-electron chi connectivity index (χ2n) is 4.13. The van der Waals surface area contributed by atoms with Gasteiger partial charge in [0.25, 0.3) is 0 Å². The van der Waals surface area contributed by atoms with Gasteiger partial charge in [-0.2, -0.15) is 0 Å². The van der Waals surface area contributed by atoms with E-state index in [0.29, 0.717) is 0 Å². The molecule has 0 aliphatic rings. The van der Waals surface area contributed by atoms with Gasteiger partial charge in [0.1, 0.15) is 0 Å². The highest BCUT2D eigenvalue weighted by Crippen LogP contribution is 2.29. The van der Waals surface area contributed by atoms with Crippen LogP contribution in [0.2, 0.25) is 5.02 Å². The molecule has 0 fully saturated rings. The highest BCUT2D eigenvalue weighted by Gasteiger charge is 2.05. The summed E-state index contributed by atoms with van der Waals surface area (Å²) in [6.45, 7) is 3.01. The predicted molar refractivity (Wildman–Crippen MR) is 73.3 cm³/mol. The molecule has 1 aromatic carbocycles. The molecule has 2 nitrogen and oxygen atoms in total. The van der Waals surface area contributed by atoms with E-state index >= 15 is 0 Å². The molecular formula is C12H19ClN2S. The van der Waals surface area contributed by atoms with Gasteiger partial charge in [0.2, 0.25) is 0 Å². The Hall–Kier alpha value is -0.220. The third-order valence-electron chi connectivity index (χ3n) is 2.28. The number of hydrogen-bond donors (Lipinski definition) is 1. The first kappa shape index (κ1) is 13.8. The number of benzene rings is 1. The summed E-state index contributed by atoms with van der Waals surface area (Å²) in [6, 6.07) is 6.11. The van der Waals surface area contributed by atoms with E-state index in [4.69, 9.17) is 17.3 Å². The number of hydrogen-bond acceptors (Lipinski definition) is 3. The minimum atomic E-state index is 0.0401. The second-order valence-corrected chi connectivity index (χ2v) is 5.67. The van der Waals surface area contributed by atoms with Gasteiger partial charge in [0.05, 0.1) is 5.02 Å². The first-order valence-corrected chi connectivity index (χ1v) is 6.69. The van der Waals surface area contributed by atoms with Crippen LogP contribution in [0, 0.1) is 0 Å². The molecule has 1 rings (SSSR count). The van der Waals surface area contributed by atoms with Crippen molar-refractivity contribution in [1.82, 2.24) is 4.90 Å². The molecule has 0 heterocycles. The molecule has 16 heavy (non-hydrogen) atoms. The lowest BCUT2D eigenvalue weighted by atomic mass is 10.1. The predicted octanol–water partition coefficient (Wildman–Crippen LogP) is 3.01. The quantitative estimate of drug-likeness (QED) is 0.824. The fourth-order valence-corrected chi connectivity index (χ4v) is 2.65. The second kappa shape index (κ2) is 6.50. The van der Waals surface area contributed by atoms with Crippen molar-refractivity contribution in [2.75, 3.05) is 26.4 Å². The summed E-state index contributed by atoms with van der Waals surface area (Å²) in [6.07, 6.45) is 0. The lowest BCUT2D eigenvalue weighted by Crippen LogP contribution is -2.14. The molecule has 0 unspecified atom stereocenters. The highest BCUT2D eigenvalue weighted by atomic mass is 35.5. The fourth-order valence-electron chi connectivity index (χ4n) is 1.26. The van der Waals surface area contributed by atoms with Crippen molar-refractivity contribution in [2.24, 2.45) is 5.73 Å². The van der Waals surface area contributed by atoms with Gasteiger partial charge < -0.3 is 10.6 Å². The molecule has 0 bridgehead atoms. The van der Waals surface area contributed by atoms with Crippen LogP contribution in [0.3, 0.4) is 0 Å². The van der Waals surface area contributed by atoms with Crippen LogP contribution in [0.25, 0.3) is 0 Å². The largest absolute Gasteiger partial charge is 0.324 e. The third kappa shape index (κ3) is 4.34. The fraction of sp³-hybridized carbons (Fsp3) is 0.500. The van der Waals surface area contributed by atoms with Gasteiger partial charge in [-0.1, -0.05) is 17.7 Å². The molecule has 0 saturated carbocycles. The van der Waals surface area contributed by atoms with Crippen LogP contribution in [-0.4, -0.2) is 31.3 Å². The number of nitrogens with zero attached hydrogens (tertiary/aromatic N) is 1. The zero-order valence-corrected chi connectivity index (χ0v) is 11.6. The minimum absolute atomic E-state index is 0.0401. The van der Waals surface area contributed by atoms with Crippen LogP contribution in [0.4, 0.5) is 0 Å². The molecule has 1 atom stereocenters. The maximum Gasteiger partial charge on any atom is 0.0545 e. The summed E-state index contributed by atoms with van der Waals surface area (Å²) >= 11 is 7.98. The third-order valence-corrected chi connectivity index (χ3v) is 3.76. The van der Waals surface area contributed by atoms with E-state index in [1.807, 2.05) is 13.0 Å². The van der Waals surface area contributed by atoms with Gasteiger partial charge in [-0.25, -0.2) is 0 Å². The van der Waals surface area contributed by atoms with Crippen molar-refractivity contribution < 1.29 is 0 Å². The molecular weight excluding hydrogens is 240 g/mol. The zero-order chi connectivity index (χ0) is 12.1. The number of nitrogens with two attached hydrogens (primary N) is 1. The van der Waals surface area contributed by atoms with E-state index < -0.39 is 0 Å². The number of rotatable bonds is 5. The van der Waals surface area contributed by atoms with Crippen LogP contribution in [0.1, 0.15) is 18.5 Å². The van der Waals surface area contributed by atoms with E-state index in [1.165, 1.54) is 0 Å². The summed E-state index contributed by atoms with van der Waals surface area (Å²) < 4.78 is 0. The Morgan fingerprint density at radius 3 is 2.62 bits per heavy atom. The van der Waals surface area contributed by atoms with Crippen molar-refractivity contribution >= 4 is 23.4 Å². The Bertz CT molecular complexity index is 340. The summed E-state index contributed by atoms with van der Waals surface area (Å²) in [5.74, 6) is 1.05. The molecule has 0 aliphatic carbocycles. The van der Waals surface area contributed by atoms with Gasteiger partial charge in [-0.15, -0.1) is 11.8 Å². The Labute approximate surface area is 107 Å². The first-order valence-electron chi connectivity index (χ1n) is 5.33. The van der Waals surface area contributed by atoms with Crippen molar-refractivity contribution in [3.63, 3.8) is 0 Å². The van der Waals surface area contributed by atoms with Gasteiger partial charge in [-0.3, -0.25) is 0 Å². The van der Waals surface area contributed by atoms with Gasteiger partial charge >= 0.3 is 0 Å². The number of halogens is 1. The molecule has 0 aliphatic heterocycles. The SMILES string of the molecule is C[C@@H](N)c1ccc(SCCN(C)C)c(Cl)c1. The van der Waals surface area contributed by atoms with E-state index in [9.17, 15) is 0 Å². The summed E-state index contributed by atoms with van der Waals surface area (Å²) in [5, 5.41) is 0.804. The monoisotopic (exact) mass is 258 g/mol. The Morgan fingerprint density at radius 2 is 2.12 bits per heavy atom. The van der Waals surface area contributed by atoms with Crippen molar-refractivity contribution in [3.8, 4) is 0 Å². The average molecular weight is 259 g/mol. The van der Waals surface area contributed by atoms with Crippen LogP contribution >= 0.6 is 23.4 Å². The van der Waals surface area contributed by atoms with Crippen molar-refractivity contribution in [2.45, 2.75) is 17.9 Å². The molecule has 0 spiro atoms. The summed E-state index contributed by atoms with van der Waals surface area (Å²) in [4.78, 5) is 3.30. The highest BCUT2D eigenvalue weighted by molar-refractivity contribution is 7.99. The molecule has 0 aromatic heterocycles. The molecule has 0 saturated heterocycles. The van der Waals surface area contributed by atoms with Gasteiger partial charge in [0.15, 0.2) is 0 Å². The topological polar surface area (TPSA) is 29.3 Å². The standard InChI is InChI=1S/C12H19ClN2S/c1-9(14)10-4-5-12(11(13)8-10)16-7-6-15(2)3/h4-5,8-9H,6-7,14H2,1-3H3/t9-/m1/s1. The van der Waals surface area contributed by atoms with Crippen LogP contribution in [-0.2, 0) is 0 Å². The Balaban J connectivity index is 2.61. The molecule has 0 radical (unpaired) electrons. The normalized spacial score (nSPS) is 13.1. The summed E-state index contributed by atoms with van der Waals surface area (Å²) in [7, 11) is 4.14. The van der Waals surface area contributed by atoms with E-state index in [2.05, 4.69) is 31.1 Å². The molecule has 90 valence electrons. The van der Waals surface area contributed by atoms with Gasteiger partial charge in [0, 0.05) is 23.2 Å². The van der Waals surface area contributed by atoms with Gasteiger partial charge in [-0.05, 0) is 38.7 Å². The van der Waals surface area contributed by atoms with E-state index in [-0.39, 0.29) is 6.04 Å². The first-order chi connectivity index (χ1) is 7.50. The Kier molecular flexibility index (Phi) is 5.62. The number of thioether (sulfide) groups is 1. The average Bonchev–Trinajstić information content (AvgIpc) is 2.19. The smallest absolute Gasteiger partial charge is 0.0545 e. The lowest BCUT2D eigenvalue weighted by Gasteiger charge is -2.11. The molecule has 1 aromatic rings. The van der Waals surface area contributed by atoms with Crippen LogP contribution in [0.15, 0.2) is 23.1 Å². The summed E-state index contributed by atoms with van der Waals surface area (Å²) in [5.41, 5.74) is 6.89. The van der Waals surface area contributed by atoms with E-state index in [0.717, 1.165) is 27.8 Å². The maximum atomic E-state index is 6.20.